The quantitative estimate of drug-likeness (QED) is 0.778. The Morgan fingerprint density at radius 1 is 1.11 bits per heavy atom. The van der Waals surface area contributed by atoms with Gasteiger partial charge in [-0.1, -0.05) is 36.2 Å². The fourth-order valence-electron chi connectivity index (χ4n) is 3.55. The Bertz CT molecular complexity index is 1050. The zero-order chi connectivity index (χ0) is 18.8. The molecule has 0 spiro atoms. The maximum atomic E-state index is 12.8. The van der Waals surface area contributed by atoms with Gasteiger partial charge < -0.3 is 5.32 Å². The van der Waals surface area contributed by atoms with Crippen LogP contribution in [0.1, 0.15) is 46.6 Å². The van der Waals surface area contributed by atoms with Crippen molar-refractivity contribution in [2.75, 3.05) is 0 Å². The summed E-state index contributed by atoms with van der Waals surface area (Å²) < 4.78 is 1.80. The number of rotatable bonds is 3. The second kappa shape index (κ2) is 7.35. The van der Waals surface area contributed by atoms with Gasteiger partial charge in [0.1, 0.15) is 5.82 Å². The Morgan fingerprint density at radius 2 is 1.93 bits per heavy atom. The van der Waals surface area contributed by atoms with Gasteiger partial charge in [-0.2, -0.15) is 0 Å². The molecule has 1 N–H and O–H groups in total. The Hall–Kier alpha value is -2.95. The minimum Gasteiger partial charge on any atom is -0.348 e. The smallest absolute Gasteiger partial charge is 0.261 e. The first kappa shape index (κ1) is 17.5. The lowest BCUT2D eigenvalue weighted by Crippen LogP contribution is -2.25. The van der Waals surface area contributed by atoms with Gasteiger partial charge in [-0.05, 0) is 43.5 Å². The summed E-state index contributed by atoms with van der Waals surface area (Å²) in [5, 5.41) is 3.52. The Balaban J connectivity index is 1.59. The molecule has 0 saturated heterocycles. The van der Waals surface area contributed by atoms with Crippen LogP contribution < -0.4 is 10.9 Å². The van der Waals surface area contributed by atoms with E-state index in [0.717, 1.165) is 43.6 Å². The molecule has 0 unspecified atom stereocenters. The number of carbonyl (C=O) groups is 1. The molecule has 0 atom stereocenters. The van der Waals surface area contributed by atoms with E-state index in [1.54, 1.807) is 22.8 Å². The van der Waals surface area contributed by atoms with Gasteiger partial charge in [0.05, 0.1) is 10.9 Å². The van der Waals surface area contributed by atoms with E-state index in [2.05, 4.69) is 5.32 Å². The molecule has 5 nitrogen and oxygen atoms in total. The zero-order valence-corrected chi connectivity index (χ0v) is 15.5. The van der Waals surface area contributed by atoms with E-state index < -0.39 is 0 Å². The summed E-state index contributed by atoms with van der Waals surface area (Å²) in [6.45, 7) is 3.24. The van der Waals surface area contributed by atoms with E-state index in [1.165, 1.54) is 5.56 Å². The molecule has 2 heterocycles. The molecular formula is C22H23N3O2. The van der Waals surface area contributed by atoms with E-state index in [1.807, 2.05) is 31.2 Å². The van der Waals surface area contributed by atoms with Crippen molar-refractivity contribution in [2.24, 2.45) is 0 Å². The molecule has 1 aromatic heterocycles. The zero-order valence-electron chi connectivity index (χ0n) is 15.5. The lowest BCUT2D eigenvalue weighted by molar-refractivity contribution is 0.0951. The molecule has 0 saturated carbocycles. The Kier molecular flexibility index (Phi) is 4.75. The third-order valence-electron chi connectivity index (χ3n) is 5.15. The van der Waals surface area contributed by atoms with Crippen molar-refractivity contribution >= 4 is 16.8 Å². The number of carbonyl (C=O) groups excluding carboxylic acids is 1. The minimum absolute atomic E-state index is 0.00325. The van der Waals surface area contributed by atoms with Crippen LogP contribution in [0.3, 0.4) is 0 Å². The van der Waals surface area contributed by atoms with E-state index in [0.29, 0.717) is 23.0 Å². The standard InChI is InChI=1S/C22H23N3O2/c1-15-6-8-16(9-7-15)14-23-21(26)17-10-11-18-19(13-17)24-20-5-3-2-4-12-25(20)22(18)27/h6-11,13H,2-5,12,14H2,1H3,(H,23,26). The number of hydrogen-bond acceptors (Lipinski definition) is 3. The number of benzene rings is 2. The molecule has 4 rings (SSSR count). The summed E-state index contributed by atoms with van der Waals surface area (Å²) in [5.41, 5.74) is 3.38. The molecule has 27 heavy (non-hydrogen) atoms. The van der Waals surface area contributed by atoms with Crippen molar-refractivity contribution in [3.05, 3.63) is 75.3 Å². The molecule has 0 fully saturated rings. The van der Waals surface area contributed by atoms with Gasteiger partial charge in [0, 0.05) is 25.1 Å². The van der Waals surface area contributed by atoms with Gasteiger partial charge in [-0.3, -0.25) is 14.2 Å². The van der Waals surface area contributed by atoms with Crippen LogP contribution in [0.15, 0.2) is 47.3 Å². The number of aryl methyl sites for hydroxylation is 2. The lowest BCUT2D eigenvalue weighted by Gasteiger charge is -2.11. The number of aromatic nitrogens is 2. The first-order chi connectivity index (χ1) is 13.1. The van der Waals surface area contributed by atoms with Crippen LogP contribution in [0.2, 0.25) is 0 Å². The molecule has 138 valence electrons. The summed E-state index contributed by atoms with van der Waals surface area (Å²) >= 11 is 0. The third kappa shape index (κ3) is 3.63. The molecule has 0 bridgehead atoms. The van der Waals surface area contributed by atoms with E-state index in [9.17, 15) is 9.59 Å². The van der Waals surface area contributed by atoms with Gasteiger partial charge in [0.2, 0.25) is 0 Å². The van der Waals surface area contributed by atoms with Crippen LogP contribution in [0.5, 0.6) is 0 Å². The summed E-state index contributed by atoms with van der Waals surface area (Å²) in [7, 11) is 0. The number of nitrogens with one attached hydrogen (secondary N) is 1. The van der Waals surface area contributed by atoms with Crippen LogP contribution in [0, 0.1) is 6.92 Å². The SMILES string of the molecule is Cc1ccc(CNC(=O)c2ccc3c(=O)n4c(nc3c2)CCCCC4)cc1. The highest BCUT2D eigenvalue weighted by molar-refractivity contribution is 5.97. The van der Waals surface area contributed by atoms with Gasteiger partial charge in [-0.25, -0.2) is 4.98 Å². The first-order valence-electron chi connectivity index (χ1n) is 9.49. The van der Waals surface area contributed by atoms with Crippen LogP contribution in [0.4, 0.5) is 0 Å². The van der Waals surface area contributed by atoms with E-state index in [4.69, 9.17) is 4.98 Å². The topological polar surface area (TPSA) is 64.0 Å². The summed E-state index contributed by atoms with van der Waals surface area (Å²) in [6.07, 6.45) is 4.00. The summed E-state index contributed by atoms with van der Waals surface area (Å²) in [6, 6.07) is 13.2. The molecule has 1 aliphatic rings. The summed E-state index contributed by atoms with van der Waals surface area (Å²) in [4.78, 5) is 30.0. The molecule has 1 aliphatic heterocycles. The van der Waals surface area contributed by atoms with Gasteiger partial charge in [0.25, 0.3) is 11.5 Å². The second-order valence-electron chi connectivity index (χ2n) is 7.20. The third-order valence-corrected chi connectivity index (χ3v) is 5.15. The number of nitrogens with zero attached hydrogens (tertiary/aromatic N) is 2. The first-order valence-corrected chi connectivity index (χ1v) is 9.49. The number of hydrogen-bond donors (Lipinski definition) is 1. The van der Waals surface area contributed by atoms with Crippen molar-refractivity contribution < 1.29 is 4.79 Å². The van der Waals surface area contributed by atoms with Crippen molar-refractivity contribution in [2.45, 2.75) is 45.7 Å². The molecular weight excluding hydrogens is 338 g/mol. The highest BCUT2D eigenvalue weighted by Crippen LogP contribution is 2.16. The molecule has 0 aliphatic carbocycles. The molecule has 3 aromatic rings. The molecule has 2 aromatic carbocycles. The van der Waals surface area contributed by atoms with Gasteiger partial charge in [-0.15, -0.1) is 0 Å². The van der Waals surface area contributed by atoms with Crippen molar-refractivity contribution in [3.63, 3.8) is 0 Å². The van der Waals surface area contributed by atoms with Gasteiger partial charge >= 0.3 is 0 Å². The second-order valence-corrected chi connectivity index (χ2v) is 7.20. The predicted octanol–water partition coefficient (Wildman–Crippen LogP) is 3.36. The summed E-state index contributed by atoms with van der Waals surface area (Å²) in [5.74, 6) is 0.677. The van der Waals surface area contributed by atoms with Gasteiger partial charge in [0.15, 0.2) is 0 Å². The highest BCUT2D eigenvalue weighted by Gasteiger charge is 2.15. The van der Waals surface area contributed by atoms with Crippen LogP contribution in [-0.4, -0.2) is 15.5 Å². The van der Waals surface area contributed by atoms with E-state index >= 15 is 0 Å². The normalized spacial score (nSPS) is 13.8. The Morgan fingerprint density at radius 3 is 2.74 bits per heavy atom. The van der Waals surface area contributed by atoms with Crippen LogP contribution >= 0.6 is 0 Å². The van der Waals surface area contributed by atoms with E-state index in [-0.39, 0.29) is 11.5 Å². The highest BCUT2D eigenvalue weighted by atomic mass is 16.1. The average Bonchev–Trinajstić information content (AvgIpc) is 2.93. The number of fused-ring (bicyclic) bond motifs is 2. The monoisotopic (exact) mass is 361 g/mol. The average molecular weight is 361 g/mol. The van der Waals surface area contributed by atoms with Crippen LogP contribution in [-0.2, 0) is 19.5 Å². The molecule has 1 amide bonds. The van der Waals surface area contributed by atoms with Crippen molar-refractivity contribution in [3.8, 4) is 0 Å². The van der Waals surface area contributed by atoms with Crippen LogP contribution in [0.25, 0.3) is 10.9 Å². The van der Waals surface area contributed by atoms with Crippen molar-refractivity contribution in [1.29, 1.82) is 0 Å². The minimum atomic E-state index is -0.158. The Labute approximate surface area is 158 Å². The maximum Gasteiger partial charge on any atom is 0.261 e. The lowest BCUT2D eigenvalue weighted by atomic mass is 10.1. The largest absolute Gasteiger partial charge is 0.348 e. The molecule has 0 radical (unpaired) electrons. The fourth-order valence-corrected chi connectivity index (χ4v) is 3.55. The maximum absolute atomic E-state index is 12.8. The number of amides is 1. The van der Waals surface area contributed by atoms with Crippen molar-refractivity contribution in [1.82, 2.24) is 14.9 Å². The molecule has 5 heteroatoms. The fraction of sp³-hybridized carbons (Fsp3) is 0.318. The predicted molar refractivity (Wildman–Crippen MR) is 106 cm³/mol.